The Balaban J connectivity index is 1.55. The molecular formula is C29H26N2O4S. The third-order valence-corrected chi connectivity index (χ3v) is 6.85. The summed E-state index contributed by atoms with van der Waals surface area (Å²) in [4.78, 5) is 13.4. The van der Waals surface area contributed by atoms with Crippen LogP contribution in [-0.4, -0.2) is 21.4 Å². The molecule has 0 aromatic heterocycles. The van der Waals surface area contributed by atoms with Gasteiger partial charge in [0.1, 0.15) is 5.75 Å². The van der Waals surface area contributed by atoms with E-state index < -0.39 is 10.0 Å². The van der Waals surface area contributed by atoms with Crippen LogP contribution >= 0.6 is 0 Å². The Kier molecular flexibility index (Phi) is 7.51. The average molecular weight is 499 g/mol. The maximum absolute atomic E-state index is 13.3. The predicted molar refractivity (Wildman–Crippen MR) is 144 cm³/mol. The lowest BCUT2D eigenvalue weighted by atomic mass is 10.0. The first kappa shape index (κ1) is 24.8. The number of nitrogens with one attached hydrogen (secondary N) is 2. The van der Waals surface area contributed by atoms with Crippen LogP contribution in [0.2, 0.25) is 0 Å². The van der Waals surface area contributed by atoms with Gasteiger partial charge < -0.3 is 10.1 Å². The molecule has 2 N–H and O–H groups in total. The lowest BCUT2D eigenvalue weighted by Crippen LogP contribution is -2.15. The summed E-state index contributed by atoms with van der Waals surface area (Å²) >= 11 is 0. The van der Waals surface area contributed by atoms with Gasteiger partial charge in [-0.05, 0) is 78.2 Å². The lowest BCUT2D eigenvalue weighted by molar-refractivity contribution is -0.111. The van der Waals surface area contributed by atoms with Gasteiger partial charge in [-0.3, -0.25) is 9.52 Å². The van der Waals surface area contributed by atoms with Crippen molar-refractivity contribution < 1.29 is 17.9 Å². The van der Waals surface area contributed by atoms with E-state index in [1.165, 1.54) is 12.1 Å². The summed E-state index contributed by atoms with van der Waals surface area (Å²) in [6, 6.07) is 29.9. The van der Waals surface area contributed by atoms with Crippen molar-refractivity contribution in [1.82, 2.24) is 0 Å². The van der Waals surface area contributed by atoms with Gasteiger partial charge >= 0.3 is 0 Å². The standard InChI is InChI=1S/C29H26N2O4S/c1-21-7-6-10-25(19-21)31-36(33,34)27-17-13-24(14-18-27)30-29(32)28(23-8-4-3-5-9-23)20-22-11-15-26(35-2)16-12-22/h3-20,31H,1-2H3,(H,30,32)/b28-20+. The number of hydrogen-bond acceptors (Lipinski definition) is 4. The van der Waals surface area contributed by atoms with Gasteiger partial charge in [0.15, 0.2) is 0 Å². The molecule has 0 atom stereocenters. The Labute approximate surface area is 211 Å². The highest BCUT2D eigenvalue weighted by atomic mass is 32.2. The molecule has 4 aromatic rings. The van der Waals surface area contributed by atoms with E-state index >= 15 is 0 Å². The number of anilines is 2. The van der Waals surface area contributed by atoms with Gasteiger partial charge in [0.05, 0.1) is 12.0 Å². The summed E-state index contributed by atoms with van der Waals surface area (Å²) < 4.78 is 33.3. The van der Waals surface area contributed by atoms with E-state index in [1.807, 2.05) is 67.6 Å². The minimum absolute atomic E-state index is 0.0964. The van der Waals surface area contributed by atoms with Crippen LogP contribution in [0.5, 0.6) is 5.75 Å². The maximum atomic E-state index is 13.3. The fourth-order valence-corrected chi connectivity index (χ4v) is 4.65. The van der Waals surface area contributed by atoms with Gasteiger partial charge in [0.25, 0.3) is 15.9 Å². The maximum Gasteiger partial charge on any atom is 0.261 e. The average Bonchev–Trinajstić information content (AvgIpc) is 2.88. The number of aryl methyl sites for hydroxylation is 1. The van der Waals surface area contributed by atoms with Gasteiger partial charge in [0, 0.05) is 16.9 Å². The van der Waals surface area contributed by atoms with Crippen LogP contribution in [0.1, 0.15) is 16.7 Å². The van der Waals surface area contributed by atoms with Crippen molar-refractivity contribution in [3.8, 4) is 5.75 Å². The first-order chi connectivity index (χ1) is 17.3. The number of hydrogen-bond donors (Lipinski definition) is 2. The minimum atomic E-state index is -3.77. The molecule has 0 saturated carbocycles. The third-order valence-electron chi connectivity index (χ3n) is 5.45. The van der Waals surface area contributed by atoms with Crippen LogP contribution in [0.3, 0.4) is 0 Å². The second kappa shape index (κ2) is 10.9. The molecule has 0 unspecified atom stereocenters. The first-order valence-corrected chi connectivity index (χ1v) is 12.7. The number of rotatable bonds is 8. The summed E-state index contributed by atoms with van der Waals surface area (Å²) in [5, 5.41) is 2.87. The van der Waals surface area contributed by atoms with Crippen molar-refractivity contribution in [2.24, 2.45) is 0 Å². The van der Waals surface area contributed by atoms with E-state index in [9.17, 15) is 13.2 Å². The highest BCUT2D eigenvalue weighted by Gasteiger charge is 2.16. The number of methoxy groups -OCH3 is 1. The molecule has 0 aliphatic carbocycles. The quantitative estimate of drug-likeness (QED) is 0.231. The zero-order chi connectivity index (χ0) is 25.5. The Morgan fingerprint density at radius 3 is 2.14 bits per heavy atom. The van der Waals surface area contributed by atoms with Crippen LogP contribution in [0.15, 0.2) is 108 Å². The van der Waals surface area contributed by atoms with E-state index in [0.717, 1.165) is 22.4 Å². The molecule has 0 aliphatic rings. The van der Waals surface area contributed by atoms with Crippen LogP contribution < -0.4 is 14.8 Å². The molecule has 6 nitrogen and oxygen atoms in total. The molecular weight excluding hydrogens is 472 g/mol. The number of carbonyl (C=O) groups excluding carboxylic acids is 1. The van der Waals surface area contributed by atoms with Gasteiger partial charge in [-0.25, -0.2) is 8.42 Å². The molecule has 0 heterocycles. The number of benzene rings is 4. The SMILES string of the molecule is COc1ccc(/C=C(/C(=O)Nc2ccc(S(=O)(=O)Nc3cccc(C)c3)cc2)c2ccccc2)cc1. The number of amides is 1. The van der Waals surface area contributed by atoms with Crippen LogP contribution in [0.4, 0.5) is 11.4 Å². The minimum Gasteiger partial charge on any atom is -0.497 e. The fourth-order valence-electron chi connectivity index (χ4n) is 3.60. The normalized spacial score (nSPS) is 11.6. The Bertz CT molecular complexity index is 1480. The molecule has 7 heteroatoms. The second-order valence-electron chi connectivity index (χ2n) is 8.15. The van der Waals surface area contributed by atoms with Crippen molar-refractivity contribution in [1.29, 1.82) is 0 Å². The Hall–Kier alpha value is -4.36. The molecule has 182 valence electrons. The Morgan fingerprint density at radius 2 is 1.50 bits per heavy atom. The molecule has 36 heavy (non-hydrogen) atoms. The van der Waals surface area contributed by atoms with E-state index in [4.69, 9.17) is 4.74 Å². The van der Waals surface area contributed by atoms with Crippen molar-refractivity contribution in [2.45, 2.75) is 11.8 Å². The summed E-state index contributed by atoms with van der Waals surface area (Å²) in [6.45, 7) is 1.89. The highest BCUT2D eigenvalue weighted by molar-refractivity contribution is 7.92. The van der Waals surface area contributed by atoms with Crippen molar-refractivity contribution in [2.75, 3.05) is 17.1 Å². The monoisotopic (exact) mass is 498 g/mol. The van der Waals surface area contributed by atoms with E-state index in [2.05, 4.69) is 10.0 Å². The van der Waals surface area contributed by atoms with E-state index in [0.29, 0.717) is 16.9 Å². The predicted octanol–water partition coefficient (Wildman–Crippen LogP) is 5.98. The van der Waals surface area contributed by atoms with E-state index in [1.54, 1.807) is 43.5 Å². The third kappa shape index (κ3) is 6.20. The lowest BCUT2D eigenvalue weighted by Gasteiger charge is -2.12. The molecule has 0 fully saturated rings. The summed E-state index contributed by atoms with van der Waals surface area (Å²) in [5.41, 5.74) is 3.99. The molecule has 0 radical (unpaired) electrons. The second-order valence-corrected chi connectivity index (χ2v) is 9.83. The molecule has 4 rings (SSSR count). The Morgan fingerprint density at radius 1 is 0.806 bits per heavy atom. The number of ether oxygens (including phenoxy) is 1. The zero-order valence-electron chi connectivity index (χ0n) is 19.9. The first-order valence-electron chi connectivity index (χ1n) is 11.3. The molecule has 1 amide bonds. The molecule has 0 bridgehead atoms. The number of sulfonamides is 1. The van der Waals surface area contributed by atoms with Gasteiger partial charge in [-0.15, -0.1) is 0 Å². The molecule has 0 saturated heterocycles. The summed E-state index contributed by atoms with van der Waals surface area (Å²) in [5.74, 6) is 0.412. The largest absolute Gasteiger partial charge is 0.497 e. The van der Waals surface area contributed by atoms with Crippen LogP contribution in [-0.2, 0) is 14.8 Å². The molecule has 4 aromatic carbocycles. The van der Waals surface area contributed by atoms with Gasteiger partial charge in [0.2, 0.25) is 0 Å². The van der Waals surface area contributed by atoms with Crippen molar-refractivity contribution >= 4 is 39.0 Å². The van der Waals surface area contributed by atoms with Crippen molar-refractivity contribution in [3.63, 3.8) is 0 Å². The highest BCUT2D eigenvalue weighted by Crippen LogP contribution is 2.23. The van der Waals surface area contributed by atoms with Crippen LogP contribution in [0, 0.1) is 6.92 Å². The summed E-state index contributed by atoms with van der Waals surface area (Å²) in [6.07, 6.45) is 1.80. The van der Waals surface area contributed by atoms with Crippen LogP contribution in [0.25, 0.3) is 11.6 Å². The van der Waals surface area contributed by atoms with E-state index in [-0.39, 0.29) is 10.8 Å². The zero-order valence-corrected chi connectivity index (χ0v) is 20.8. The number of carbonyl (C=O) groups is 1. The van der Waals surface area contributed by atoms with Gasteiger partial charge in [-0.2, -0.15) is 0 Å². The van der Waals surface area contributed by atoms with Gasteiger partial charge in [-0.1, -0.05) is 54.6 Å². The smallest absolute Gasteiger partial charge is 0.261 e. The summed E-state index contributed by atoms with van der Waals surface area (Å²) in [7, 11) is -2.17. The molecule has 0 aliphatic heterocycles. The molecule has 0 spiro atoms. The van der Waals surface area contributed by atoms with Crippen molar-refractivity contribution in [3.05, 3.63) is 120 Å². The topological polar surface area (TPSA) is 84.5 Å². The fraction of sp³-hybridized carbons (Fsp3) is 0.0690.